The normalized spacial score (nSPS) is 32.6. The first kappa shape index (κ1) is 11.3. The summed E-state index contributed by atoms with van der Waals surface area (Å²) in [5.74, 6) is -6.76. The molecule has 0 radical (unpaired) electrons. The Morgan fingerprint density at radius 3 is 2.07 bits per heavy atom. The molecule has 1 rings (SSSR count). The Balaban J connectivity index is 3.01. The molecule has 0 bridgehead atoms. The van der Waals surface area contributed by atoms with Crippen LogP contribution in [0.1, 0.15) is 6.42 Å². The number of ether oxygens (including phenoxy) is 1. The third kappa shape index (κ3) is 1.70. The van der Waals surface area contributed by atoms with Crippen molar-refractivity contribution < 1.29 is 35.5 Å². The molecule has 0 saturated heterocycles. The van der Waals surface area contributed by atoms with Crippen LogP contribution in [0.25, 0.3) is 0 Å². The second-order valence-electron chi connectivity index (χ2n) is 2.60. The molecule has 1 aliphatic rings. The minimum Gasteiger partial charge on any atom is -0.268 e. The summed E-state index contributed by atoms with van der Waals surface area (Å²) in [5, 5.41) is 0. The molecule has 1 nitrogen and oxygen atoms in total. The molecule has 0 aromatic heterocycles. The molecule has 1 unspecified atom stereocenters. The van der Waals surface area contributed by atoms with Gasteiger partial charge in [0.15, 0.2) is 5.83 Å². The molecule has 0 amide bonds. The van der Waals surface area contributed by atoms with Gasteiger partial charge in [-0.1, -0.05) is 0 Å². The maximum Gasteiger partial charge on any atom is 0.448 e. The SMILES string of the molecule is FC1=CCC(F)(C(F)(F)F)OC1(F)F. The minimum atomic E-state index is -5.63. The van der Waals surface area contributed by atoms with Crippen LogP contribution in [0.2, 0.25) is 0 Å². The van der Waals surface area contributed by atoms with Crippen molar-refractivity contribution in [2.45, 2.75) is 24.6 Å². The Hall–Kier alpha value is -0.790. The zero-order chi connectivity index (χ0) is 11.2. The number of hydrogen-bond donors (Lipinski definition) is 0. The molecule has 14 heavy (non-hydrogen) atoms. The summed E-state index contributed by atoms with van der Waals surface area (Å²) in [6, 6.07) is 0. The van der Waals surface area contributed by atoms with Gasteiger partial charge in [0.05, 0.1) is 0 Å². The summed E-state index contributed by atoms with van der Waals surface area (Å²) in [6.45, 7) is 0. The smallest absolute Gasteiger partial charge is 0.268 e. The maximum absolute atomic E-state index is 12.7. The van der Waals surface area contributed by atoms with Crippen LogP contribution < -0.4 is 0 Å². The van der Waals surface area contributed by atoms with Crippen molar-refractivity contribution in [1.82, 2.24) is 0 Å². The van der Waals surface area contributed by atoms with Crippen molar-refractivity contribution in [2.24, 2.45) is 0 Å². The van der Waals surface area contributed by atoms with E-state index in [0.29, 0.717) is 0 Å². The Morgan fingerprint density at radius 2 is 1.71 bits per heavy atom. The first-order chi connectivity index (χ1) is 6.08. The summed E-state index contributed by atoms with van der Waals surface area (Å²) in [5.41, 5.74) is 0. The fourth-order valence-electron chi connectivity index (χ4n) is 0.807. The molecular formula is C6H3F7O. The van der Waals surface area contributed by atoms with Crippen molar-refractivity contribution in [3.63, 3.8) is 0 Å². The number of alkyl halides is 6. The van der Waals surface area contributed by atoms with E-state index in [0.717, 1.165) is 0 Å². The van der Waals surface area contributed by atoms with Gasteiger partial charge in [0, 0.05) is 6.42 Å². The van der Waals surface area contributed by atoms with Gasteiger partial charge < -0.3 is 0 Å². The molecule has 0 aromatic carbocycles. The second kappa shape index (κ2) is 2.85. The standard InChI is InChI=1S/C6H3F7O/c7-3-1-2-4(8,6(11,12)13)14-5(3,9)10/h1H,2H2. The van der Waals surface area contributed by atoms with E-state index in [1.54, 1.807) is 0 Å². The van der Waals surface area contributed by atoms with E-state index in [1.807, 2.05) is 0 Å². The fourth-order valence-corrected chi connectivity index (χ4v) is 0.807. The highest BCUT2D eigenvalue weighted by molar-refractivity contribution is 5.07. The zero-order valence-corrected chi connectivity index (χ0v) is 6.34. The molecule has 1 aliphatic heterocycles. The quantitative estimate of drug-likeness (QED) is 0.574. The fraction of sp³-hybridized carbons (Fsp3) is 0.667. The van der Waals surface area contributed by atoms with Gasteiger partial charge in [-0.15, -0.1) is 0 Å². The van der Waals surface area contributed by atoms with Crippen LogP contribution in [0.4, 0.5) is 30.7 Å². The molecule has 0 N–H and O–H groups in total. The minimum absolute atomic E-state index is 0.184. The average molecular weight is 224 g/mol. The van der Waals surface area contributed by atoms with Gasteiger partial charge in [0.1, 0.15) is 0 Å². The zero-order valence-electron chi connectivity index (χ0n) is 6.34. The van der Waals surface area contributed by atoms with Crippen LogP contribution in [0.3, 0.4) is 0 Å². The van der Waals surface area contributed by atoms with Gasteiger partial charge in [0.2, 0.25) is 0 Å². The van der Waals surface area contributed by atoms with Crippen molar-refractivity contribution in [3.05, 3.63) is 11.9 Å². The highest BCUT2D eigenvalue weighted by atomic mass is 19.4. The van der Waals surface area contributed by atoms with E-state index in [-0.39, 0.29) is 6.08 Å². The number of rotatable bonds is 0. The lowest BCUT2D eigenvalue weighted by molar-refractivity contribution is -0.408. The van der Waals surface area contributed by atoms with Crippen LogP contribution >= 0.6 is 0 Å². The Kier molecular flexibility index (Phi) is 2.30. The van der Waals surface area contributed by atoms with Gasteiger partial charge in [0.25, 0.3) is 0 Å². The third-order valence-electron chi connectivity index (χ3n) is 1.54. The highest BCUT2D eigenvalue weighted by Crippen LogP contribution is 2.47. The van der Waals surface area contributed by atoms with E-state index in [1.165, 1.54) is 0 Å². The third-order valence-corrected chi connectivity index (χ3v) is 1.54. The average Bonchev–Trinajstić information content (AvgIpc) is 1.94. The molecule has 0 spiro atoms. The summed E-state index contributed by atoms with van der Waals surface area (Å²) < 4.78 is 87.5. The maximum atomic E-state index is 12.7. The summed E-state index contributed by atoms with van der Waals surface area (Å²) in [6.07, 6.45) is -12.3. The van der Waals surface area contributed by atoms with E-state index < -0.39 is 30.4 Å². The lowest BCUT2D eigenvalue weighted by atomic mass is 10.1. The summed E-state index contributed by atoms with van der Waals surface area (Å²) >= 11 is 0. The molecular weight excluding hydrogens is 221 g/mol. The molecule has 1 heterocycles. The first-order valence-corrected chi connectivity index (χ1v) is 3.28. The predicted molar refractivity (Wildman–Crippen MR) is 29.7 cm³/mol. The van der Waals surface area contributed by atoms with Crippen molar-refractivity contribution in [1.29, 1.82) is 0 Å². The molecule has 0 aliphatic carbocycles. The molecule has 0 fully saturated rings. The Labute approximate surface area is 73.1 Å². The lowest BCUT2D eigenvalue weighted by Gasteiger charge is -2.33. The van der Waals surface area contributed by atoms with Crippen LogP contribution in [0.5, 0.6) is 0 Å². The molecule has 0 aromatic rings. The van der Waals surface area contributed by atoms with Crippen LogP contribution in [0, 0.1) is 0 Å². The molecule has 1 atom stereocenters. The van der Waals surface area contributed by atoms with E-state index in [2.05, 4.69) is 4.74 Å². The lowest BCUT2D eigenvalue weighted by Crippen LogP contribution is -2.50. The predicted octanol–water partition coefficient (Wildman–Crippen LogP) is 3.08. The molecule has 0 saturated carbocycles. The van der Waals surface area contributed by atoms with Gasteiger partial charge in [-0.2, -0.15) is 22.0 Å². The number of hydrogen-bond acceptors (Lipinski definition) is 1. The summed E-state index contributed by atoms with van der Waals surface area (Å²) in [4.78, 5) is 0. The monoisotopic (exact) mass is 224 g/mol. The molecule has 82 valence electrons. The number of halogens is 7. The largest absolute Gasteiger partial charge is 0.448 e. The summed E-state index contributed by atoms with van der Waals surface area (Å²) in [7, 11) is 0. The van der Waals surface area contributed by atoms with Crippen LogP contribution in [-0.2, 0) is 4.74 Å². The second-order valence-corrected chi connectivity index (χ2v) is 2.60. The van der Waals surface area contributed by atoms with Gasteiger partial charge in [-0.05, 0) is 6.08 Å². The van der Waals surface area contributed by atoms with Crippen molar-refractivity contribution in [2.75, 3.05) is 0 Å². The van der Waals surface area contributed by atoms with E-state index in [9.17, 15) is 30.7 Å². The van der Waals surface area contributed by atoms with Gasteiger partial charge >= 0.3 is 18.1 Å². The van der Waals surface area contributed by atoms with Crippen molar-refractivity contribution >= 4 is 0 Å². The Bertz CT molecular complexity index is 268. The first-order valence-electron chi connectivity index (χ1n) is 3.28. The van der Waals surface area contributed by atoms with E-state index >= 15 is 0 Å². The molecule has 8 heteroatoms. The van der Waals surface area contributed by atoms with Crippen LogP contribution in [-0.4, -0.2) is 18.1 Å². The topological polar surface area (TPSA) is 9.23 Å². The van der Waals surface area contributed by atoms with Crippen LogP contribution in [0.15, 0.2) is 11.9 Å². The van der Waals surface area contributed by atoms with E-state index in [4.69, 9.17) is 0 Å². The van der Waals surface area contributed by atoms with Crippen molar-refractivity contribution in [3.8, 4) is 0 Å². The Morgan fingerprint density at radius 1 is 1.21 bits per heavy atom. The van der Waals surface area contributed by atoms with Gasteiger partial charge in [-0.3, -0.25) is 4.74 Å². The van der Waals surface area contributed by atoms with Gasteiger partial charge in [-0.25, -0.2) is 8.78 Å². The highest BCUT2D eigenvalue weighted by Gasteiger charge is 2.64.